The Hall–Kier alpha value is -1.95. The quantitative estimate of drug-likeness (QED) is 0.493. The molecule has 0 aliphatic heterocycles. The molecule has 0 bridgehead atoms. The molecule has 0 saturated heterocycles. The van der Waals surface area contributed by atoms with E-state index in [1.54, 1.807) is 6.92 Å². The summed E-state index contributed by atoms with van der Waals surface area (Å²) in [6, 6.07) is 21.6. The summed E-state index contributed by atoms with van der Waals surface area (Å²) in [6.07, 6.45) is 4.59. The molecule has 0 aromatic heterocycles. The zero-order valence-electron chi connectivity index (χ0n) is 20.6. The van der Waals surface area contributed by atoms with Crippen molar-refractivity contribution in [2.45, 2.75) is 58.4 Å². The minimum Gasteiger partial charge on any atom is -0.481 e. The van der Waals surface area contributed by atoms with E-state index >= 15 is 0 Å². The Bertz CT molecular complexity index is 823. The molecule has 180 valence electrons. The first-order chi connectivity index (χ1) is 15.7. The Balaban J connectivity index is 1.74. The maximum Gasteiger partial charge on any atom is 0.308 e. The summed E-state index contributed by atoms with van der Waals surface area (Å²) >= 11 is 0. The Labute approximate surface area is 200 Å². The smallest absolute Gasteiger partial charge is 0.308 e. The highest BCUT2D eigenvalue weighted by Crippen LogP contribution is 2.38. The fraction of sp³-hybridized carbons (Fsp3) is 0.536. The maximum atomic E-state index is 11.0. The van der Waals surface area contributed by atoms with Gasteiger partial charge in [0.2, 0.25) is 0 Å². The first-order valence-electron chi connectivity index (χ1n) is 12.3. The number of hydrogen-bond donors (Lipinski definition) is 1. The van der Waals surface area contributed by atoms with Crippen LogP contribution < -0.4 is 10.4 Å². The third kappa shape index (κ3) is 6.34. The second kappa shape index (κ2) is 11.5. The fourth-order valence-corrected chi connectivity index (χ4v) is 9.83. The number of ether oxygens (including phenoxy) is 1. The van der Waals surface area contributed by atoms with Crippen LogP contribution in [-0.2, 0) is 14.0 Å². The molecule has 0 amide bonds. The van der Waals surface area contributed by atoms with Gasteiger partial charge in [-0.2, -0.15) is 0 Å². The minimum absolute atomic E-state index is 0.0140. The molecular weight excluding hydrogens is 428 g/mol. The standard InChI is InChI=1S/C28H40O4Si/c1-22(27(29)30)19-31-20-23-12-11-13-24(18-23)21-32-33(28(2,3)4,25-14-7-5-8-15-25)26-16-9-6-10-17-26/h5-10,14-17,22-24H,11-13,18-21H2,1-4H3,(H,29,30). The third-order valence-electron chi connectivity index (χ3n) is 6.99. The molecule has 4 nitrogen and oxygen atoms in total. The second-order valence-electron chi connectivity index (χ2n) is 10.6. The van der Waals surface area contributed by atoms with Crippen LogP contribution in [0.2, 0.25) is 5.04 Å². The lowest BCUT2D eigenvalue weighted by atomic mass is 9.82. The first kappa shape index (κ1) is 25.7. The summed E-state index contributed by atoms with van der Waals surface area (Å²) in [5, 5.41) is 11.7. The van der Waals surface area contributed by atoms with Crippen molar-refractivity contribution < 1.29 is 19.1 Å². The zero-order chi connectivity index (χ0) is 23.9. The van der Waals surface area contributed by atoms with Crippen molar-refractivity contribution in [3.63, 3.8) is 0 Å². The van der Waals surface area contributed by atoms with E-state index in [-0.39, 0.29) is 11.6 Å². The number of aliphatic carboxylic acids is 1. The van der Waals surface area contributed by atoms with Crippen LogP contribution >= 0.6 is 0 Å². The normalized spacial score (nSPS) is 20.4. The number of benzene rings is 2. The van der Waals surface area contributed by atoms with Crippen LogP contribution in [0.4, 0.5) is 0 Å². The summed E-state index contributed by atoms with van der Waals surface area (Å²) in [6.45, 7) is 10.3. The predicted octanol–water partition coefficient (Wildman–Crippen LogP) is 5.11. The number of carboxylic acids is 1. The van der Waals surface area contributed by atoms with Crippen LogP contribution in [0.1, 0.15) is 53.4 Å². The molecule has 33 heavy (non-hydrogen) atoms. The summed E-state index contributed by atoms with van der Waals surface area (Å²) in [7, 11) is -2.50. The Kier molecular flexibility index (Phi) is 8.91. The van der Waals surface area contributed by atoms with Crippen LogP contribution in [0, 0.1) is 17.8 Å². The van der Waals surface area contributed by atoms with Gasteiger partial charge in [0.05, 0.1) is 12.5 Å². The Morgan fingerprint density at radius 3 is 1.97 bits per heavy atom. The topological polar surface area (TPSA) is 55.8 Å². The lowest BCUT2D eigenvalue weighted by Gasteiger charge is -2.44. The molecule has 2 aromatic rings. The molecule has 0 heterocycles. The van der Waals surface area contributed by atoms with Crippen molar-refractivity contribution in [1.82, 2.24) is 0 Å². The number of rotatable bonds is 10. The largest absolute Gasteiger partial charge is 0.481 e. The number of hydrogen-bond acceptors (Lipinski definition) is 3. The van der Waals surface area contributed by atoms with Gasteiger partial charge in [-0.25, -0.2) is 0 Å². The molecule has 0 spiro atoms. The Morgan fingerprint density at radius 2 is 1.48 bits per heavy atom. The minimum atomic E-state index is -2.50. The molecule has 1 aliphatic rings. The van der Waals surface area contributed by atoms with Crippen molar-refractivity contribution in [2.24, 2.45) is 17.8 Å². The van der Waals surface area contributed by atoms with Gasteiger partial charge in [0.25, 0.3) is 8.32 Å². The van der Waals surface area contributed by atoms with Crippen molar-refractivity contribution in [3.05, 3.63) is 60.7 Å². The molecule has 0 radical (unpaired) electrons. The number of carbonyl (C=O) groups is 1. The highest BCUT2D eigenvalue weighted by Gasteiger charge is 2.50. The van der Waals surface area contributed by atoms with Gasteiger partial charge in [-0.05, 0) is 53.4 Å². The molecule has 2 aromatic carbocycles. The van der Waals surface area contributed by atoms with Gasteiger partial charge in [-0.15, -0.1) is 0 Å². The lowest BCUT2D eigenvalue weighted by molar-refractivity contribution is -0.143. The van der Waals surface area contributed by atoms with Gasteiger partial charge in [0, 0.05) is 13.2 Å². The Morgan fingerprint density at radius 1 is 0.970 bits per heavy atom. The van der Waals surface area contributed by atoms with E-state index in [1.165, 1.54) is 23.2 Å². The second-order valence-corrected chi connectivity index (χ2v) is 15.0. The van der Waals surface area contributed by atoms with Gasteiger partial charge < -0.3 is 14.3 Å². The molecule has 3 rings (SSSR count). The number of carboxylic acid groups (broad SMARTS) is 1. The van der Waals surface area contributed by atoms with Crippen LogP contribution in [-0.4, -0.2) is 39.2 Å². The summed E-state index contributed by atoms with van der Waals surface area (Å²) in [5.41, 5.74) is 0. The van der Waals surface area contributed by atoms with Gasteiger partial charge >= 0.3 is 5.97 Å². The van der Waals surface area contributed by atoms with Crippen LogP contribution in [0.15, 0.2) is 60.7 Å². The van der Waals surface area contributed by atoms with Crippen molar-refractivity contribution >= 4 is 24.7 Å². The molecule has 1 N–H and O–H groups in total. The average Bonchev–Trinajstić information content (AvgIpc) is 2.80. The fourth-order valence-electron chi connectivity index (χ4n) is 5.19. The first-order valence-corrected chi connectivity index (χ1v) is 14.2. The zero-order valence-corrected chi connectivity index (χ0v) is 21.6. The SMILES string of the molecule is CC(COCC1CCCC(CO[Si](c2ccccc2)(c2ccccc2)C(C)(C)C)C1)C(=O)O. The molecular formula is C28H40O4Si. The van der Waals surface area contributed by atoms with Crippen molar-refractivity contribution in [3.8, 4) is 0 Å². The third-order valence-corrected chi connectivity index (χ3v) is 12.0. The van der Waals surface area contributed by atoms with E-state index in [4.69, 9.17) is 14.3 Å². The van der Waals surface area contributed by atoms with E-state index in [0.717, 1.165) is 19.4 Å². The van der Waals surface area contributed by atoms with E-state index in [1.807, 2.05) is 0 Å². The monoisotopic (exact) mass is 468 g/mol. The average molecular weight is 469 g/mol. The van der Waals surface area contributed by atoms with Crippen LogP contribution in [0.5, 0.6) is 0 Å². The van der Waals surface area contributed by atoms with E-state index in [9.17, 15) is 4.79 Å². The lowest BCUT2D eigenvalue weighted by Crippen LogP contribution is -2.67. The highest BCUT2D eigenvalue weighted by molar-refractivity contribution is 6.99. The van der Waals surface area contributed by atoms with Crippen LogP contribution in [0.25, 0.3) is 0 Å². The van der Waals surface area contributed by atoms with Crippen LogP contribution in [0.3, 0.4) is 0 Å². The van der Waals surface area contributed by atoms with Crippen molar-refractivity contribution in [2.75, 3.05) is 19.8 Å². The summed E-state index contributed by atoms with van der Waals surface area (Å²) in [4.78, 5) is 11.0. The summed E-state index contributed by atoms with van der Waals surface area (Å²) < 4.78 is 12.9. The molecule has 3 unspecified atom stereocenters. The van der Waals surface area contributed by atoms with Gasteiger partial charge in [-0.3, -0.25) is 4.79 Å². The predicted molar refractivity (Wildman–Crippen MR) is 137 cm³/mol. The van der Waals surface area contributed by atoms with Gasteiger partial charge in [0.1, 0.15) is 0 Å². The van der Waals surface area contributed by atoms with Crippen molar-refractivity contribution in [1.29, 1.82) is 0 Å². The highest BCUT2D eigenvalue weighted by atomic mass is 28.4. The van der Waals surface area contributed by atoms with Gasteiger partial charge in [0.15, 0.2) is 0 Å². The van der Waals surface area contributed by atoms with E-state index in [0.29, 0.717) is 18.4 Å². The molecule has 1 fully saturated rings. The molecule has 5 heteroatoms. The summed E-state index contributed by atoms with van der Waals surface area (Å²) in [5.74, 6) is -0.267. The maximum absolute atomic E-state index is 11.0. The van der Waals surface area contributed by atoms with E-state index < -0.39 is 20.2 Å². The molecule has 3 atom stereocenters. The molecule has 1 saturated carbocycles. The molecule has 1 aliphatic carbocycles. The van der Waals surface area contributed by atoms with E-state index in [2.05, 4.69) is 81.4 Å². The van der Waals surface area contributed by atoms with Gasteiger partial charge in [-0.1, -0.05) is 87.9 Å².